The van der Waals surface area contributed by atoms with E-state index in [9.17, 15) is 9.59 Å². The second-order valence-corrected chi connectivity index (χ2v) is 7.86. The van der Waals surface area contributed by atoms with Crippen LogP contribution in [0.5, 0.6) is 5.75 Å². The molecule has 0 atom stereocenters. The van der Waals surface area contributed by atoms with E-state index in [4.69, 9.17) is 4.74 Å². The van der Waals surface area contributed by atoms with E-state index in [1.807, 2.05) is 53.4 Å². The van der Waals surface area contributed by atoms with Crippen LogP contribution in [-0.2, 0) is 11.5 Å². The van der Waals surface area contributed by atoms with Crippen LogP contribution in [0.15, 0.2) is 58.3 Å². The summed E-state index contributed by atoms with van der Waals surface area (Å²) < 4.78 is 7.29. The molecule has 8 heteroatoms. The van der Waals surface area contributed by atoms with E-state index in [1.54, 1.807) is 23.6 Å². The first-order valence-corrected chi connectivity index (χ1v) is 9.95. The molecule has 0 saturated carbocycles. The number of carbonyl (C=O) groups is 1. The van der Waals surface area contributed by atoms with Gasteiger partial charge in [-0.1, -0.05) is 29.5 Å². The first-order valence-electron chi connectivity index (χ1n) is 9.13. The average molecular weight is 406 g/mol. The molecule has 2 aliphatic rings. The number of methoxy groups -OCH3 is 1. The molecule has 0 saturated heterocycles. The number of carbonyl (C=O) groups excluding carboxylic acids is 1. The highest BCUT2D eigenvalue weighted by atomic mass is 32.1. The van der Waals surface area contributed by atoms with Gasteiger partial charge in [0.2, 0.25) is 0 Å². The topological polar surface area (TPSA) is 67.1 Å². The van der Waals surface area contributed by atoms with Crippen LogP contribution in [-0.4, -0.2) is 31.3 Å². The number of amides is 1. The number of thiazole rings is 1. The van der Waals surface area contributed by atoms with Crippen molar-refractivity contribution in [3.63, 3.8) is 0 Å². The Balaban J connectivity index is 1.61. The lowest BCUT2D eigenvalue weighted by atomic mass is 10.1. The molecule has 29 heavy (non-hydrogen) atoms. The maximum atomic E-state index is 13.2. The van der Waals surface area contributed by atoms with Gasteiger partial charge in [0.05, 0.1) is 18.4 Å². The molecule has 2 aliphatic heterocycles. The molecular formula is C21H18N4O3S. The summed E-state index contributed by atoms with van der Waals surface area (Å²) in [4.78, 5) is 34.9. The molecular weight excluding hydrogens is 388 g/mol. The summed E-state index contributed by atoms with van der Waals surface area (Å²) in [6, 6.07) is 15.2. The fraction of sp³-hybridized carbons (Fsp3) is 0.190. The summed E-state index contributed by atoms with van der Waals surface area (Å²) in [5, 5.41) is 0. The third-order valence-electron chi connectivity index (χ3n) is 5.27. The lowest BCUT2D eigenvalue weighted by Gasteiger charge is -2.25. The van der Waals surface area contributed by atoms with E-state index in [0.717, 1.165) is 22.7 Å². The Morgan fingerprint density at radius 1 is 1.07 bits per heavy atom. The van der Waals surface area contributed by atoms with Gasteiger partial charge in [0.1, 0.15) is 23.6 Å². The predicted molar refractivity (Wildman–Crippen MR) is 112 cm³/mol. The van der Waals surface area contributed by atoms with Crippen molar-refractivity contribution in [3.8, 4) is 5.75 Å². The van der Waals surface area contributed by atoms with E-state index in [0.29, 0.717) is 28.2 Å². The van der Waals surface area contributed by atoms with E-state index >= 15 is 0 Å². The molecule has 1 aromatic heterocycles. The second kappa shape index (κ2) is 6.59. The van der Waals surface area contributed by atoms with E-state index in [2.05, 4.69) is 4.99 Å². The van der Waals surface area contributed by atoms with E-state index < -0.39 is 0 Å². The van der Waals surface area contributed by atoms with Crippen LogP contribution in [0.3, 0.4) is 0 Å². The van der Waals surface area contributed by atoms with Gasteiger partial charge in [-0.2, -0.15) is 0 Å². The Morgan fingerprint density at radius 3 is 2.59 bits per heavy atom. The smallest absolute Gasteiger partial charge is 0.272 e. The van der Waals surface area contributed by atoms with Gasteiger partial charge in [0.25, 0.3) is 11.5 Å². The van der Waals surface area contributed by atoms with Crippen molar-refractivity contribution >= 4 is 34.2 Å². The summed E-state index contributed by atoms with van der Waals surface area (Å²) in [5.41, 5.74) is 2.85. The Hall–Kier alpha value is -3.39. The van der Waals surface area contributed by atoms with E-state index in [-0.39, 0.29) is 11.5 Å². The zero-order chi connectivity index (χ0) is 20.1. The SMILES string of the molecule is COc1ccc(N2CN=c3sc(=C4C(=O)N(C)c5ccccc54)c(=O)n3C2)cc1. The monoisotopic (exact) mass is 406 g/mol. The number of benzene rings is 2. The van der Waals surface area contributed by atoms with Crippen LogP contribution in [0.1, 0.15) is 5.56 Å². The molecule has 7 nitrogen and oxygen atoms in total. The molecule has 0 radical (unpaired) electrons. The van der Waals surface area contributed by atoms with Crippen LogP contribution in [0, 0.1) is 0 Å². The average Bonchev–Trinajstić information content (AvgIpc) is 3.21. The zero-order valence-corrected chi connectivity index (χ0v) is 16.8. The van der Waals surface area contributed by atoms with Gasteiger partial charge in [-0.25, -0.2) is 4.99 Å². The number of nitrogens with zero attached hydrogens (tertiary/aromatic N) is 4. The lowest BCUT2D eigenvalue weighted by Crippen LogP contribution is -2.43. The van der Waals surface area contributed by atoms with Crippen molar-refractivity contribution in [2.45, 2.75) is 6.67 Å². The Labute approximate surface area is 170 Å². The summed E-state index contributed by atoms with van der Waals surface area (Å²) >= 11 is 1.28. The van der Waals surface area contributed by atoms with Crippen molar-refractivity contribution in [1.82, 2.24) is 4.57 Å². The van der Waals surface area contributed by atoms with Crippen LogP contribution >= 0.6 is 11.3 Å². The van der Waals surface area contributed by atoms with Gasteiger partial charge in [-0.3, -0.25) is 14.2 Å². The van der Waals surface area contributed by atoms with Crippen LogP contribution < -0.4 is 29.4 Å². The van der Waals surface area contributed by atoms with E-state index in [1.165, 1.54) is 11.3 Å². The lowest BCUT2D eigenvalue weighted by molar-refractivity contribution is -0.112. The van der Waals surface area contributed by atoms with Crippen LogP contribution in [0.4, 0.5) is 11.4 Å². The molecule has 1 amide bonds. The highest BCUT2D eigenvalue weighted by Gasteiger charge is 2.32. The highest BCUT2D eigenvalue weighted by molar-refractivity contribution is 7.07. The molecule has 0 unspecified atom stereocenters. The maximum absolute atomic E-state index is 13.2. The Bertz CT molecular complexity index is 1310. The largest absolute Gasteiger partial charge is 0.497 e. The fourth-order valence-corrected chi connectivity index (χ4v) is 4.76. The van der Waals surface area contributed by atoms with Crippen molar-refractivity contribution < 1.29 is 9.53 Å². The number of anilines is 2. The van der Waals surface area contributed by atoms with Gasteiger partial charge in [-0.15, -0.1) is 0 Å². The molecule has 3 heterocycles. The number of rotatable bonds is 2. The third kappa shape index (κ3) is 2.67. The van der Waals surface area contributed by atoms with Gasteiger partial charge in [0, 0.05) is 18.3 Å². The first kappa shape index (κ1) is 17.7. The third-order valence-corrected chi connectivity index (χ3v) is 6.39. The maximum Gasteiger partial charge on any atom is 0.272 e. The quantitative estimate of drug-likeness (QED) is 0.640. The first-order chi connectivity index (χ1) is 14.1. The predicted octanol–water partition coefficient (Wildman–Crippen LogP) is 1.15. The molecule has 146 valence electrons. The minimum Gasteiger partial charge on any atom is -0.497 e. The van der Waals surface area contributed by atoms with Crippen LogP contribution in [0.25, 0.3) is 5.57 Å². The summed E-state index contributed by atoms with van der Waals surface area (Å²) in [6.45, 7) is 0.838. The summed E-state index contributed by atoms with van der Waals surface area (Å²) in [6.07, 6.45) is 0. The molecule has 0 fully saturated rings. The second-order valence-electron chi connectivity index (χ2n) is 6.88. The number of likely N-dealkylation sites (N-methyl/N-ethyl adjacent to an activating group) is 1. The minimum atomic E-state index is -0.180. The molecule has 2 aromatic carbocycles. The Kier molecular flexibility index (Phi) is 4.02. The number of hydrogen-bond donors (Lipinski definition) is 0. The molecule has 5 rings (SSSR count). The number of hydrogen-bond acceptors (Lipinski definition) is 6. The van der Waals surface area contributed by atoms with Crippen molar-refractivity contribution in [2.75, 3.05) is 30.6 Å². The molecule has 0 aliphatic carbocycles. The van der Waals surface area contributed by atoms with Crippen molar-refractivity contribution in [2.24, 2.45) is 4.99 Å². The van der Waals surface area contributed by atoms with Gasteiger partial charge in [-0.05, 0) is 30.3 Å². The molecule has 3 aromatic rings. The Morgan fingerprint density at radius 2 is 1.83 bits per heavy atom. The summed E-state index contributed by atoms with van der Waals surface area (Å²) in [7, 11) is 3.36. The van der Waals surface area contributed by atoms with Crippen molar-refractivity contribution in [3.05, 3.63) is 73.8 Å². The normalized spacial score (nSPS) is 17.1. The standard InChI is InChI=1S/C21H18N4O3S/c1-23-16-6-4-3-5-15(16)17(19(23)26)18-20(27)25-12-24(11-22-21(25)29-18)13-7-9-14(28-2)10-8-13/h3-10H,11-12H2,1-2H3. The summed E-state index contributed by atoms with van der Waals surface area (Å²) in [5.74, 6) is 0.617. The van der Waals surface area contributed by atoms with Crippen LogP contribution in [0.2, 0.25) is 0 Å². The molecule has 0 N–H and O–H groups in total. The van der Waals surface area contributed by atoms with Gasteiger partial charge < -0.3 is 14.5 Å². The van der Waals surface area contributed by atoms with Crippen molar-refractivity contribution in [1.29, 1.82) is 0 Å². The number of ether oxygens (including phenoxy) is 1. The number of fused-ring (bicyclic) bond motifs is 2. The fourth-order valence-electron chi connectivity index (χ4n) is 3.71. The molecule has 0 spiro atoms. The zero-order valence-electron chi connectivity index (χ0n) is 16.0. The molecule has 0 bridgehead atoms. The van der Waals surface area contributed by atoms with Gasteiger partial charge in [0.15, 0.2) is 4.80 Å². The van der Waals surface area contributed by atoms with Gasteiger partial charge >= 0.3 is 0 Å². The number of aromatic nitrogens is 1. The number of para-hydroxylation sites is 1. The minimum absolute atomic E-state index is 0.158. The highest BCUT2D eigenvalue weighted by Crippen LogP contribution is 2.33.